The Morgan fingerprint density at radius 1 is 1.17 bits per heavy atom. The van der Waals surface area contributed by atoms with Crippen LogP contribution in [0, 0.1) is 6.92 Å². The van der Waals surface area contributed by atoms with E-state index in [1.807, 2.05) is 0 Å². The summed E-state index contributed by atoms with van der Waals surface area (Å²) in [5.41, 5.74) is 0. The molecule has 0 heterocycles. The van der Waals surface area contributed by atoms with Crippen LogP contribution < -0.4 is 29.6 Å². The van der Waals surface area contributed by atoms with Gasteiger partial charge in [-0.2, -0.15) is 14.8 Å². The fourth-order valence-corrected chi connectivity index (χ4v) is 1.43. The fourth-order valence-electron chi connectivity index (χ4n) is 1.06. The number of aliphatic carboxylic acids is 1. The molecule has 104 valence electrons. The molecule has 18 heavy (non-hydrogen) atoms. The molecule has 0 saturated carbocycles. The maximum Gasteiger partial charge on any atom is 1.00 e. The van der Waals surface area contributed by atoms with E-state index in [-0.39, 0.29) is 41.7 Å². The van der Waals surface area contributed by atoms with Crippen molar-refractivity contribution < 1.29 is 52.4 Å². The van der Waals surface area contributed by atoms with E-state index in [4.69, 9.17) is 9.66 Å². The second kappa shape index (κ2) is 15.4. The predicted octanol–water partition coefficient (Wildman–Crippen LogP) is -0.466. The van der Waals surface area contributed by atoms with E-state index in [2.05, 4.69) is 13.8 Å². The molecule has 0 amide bonds. The molecule has 0 aliphatic carbocycles. The first-order valence-corrected chi connectivity index (χ1v) is 7.40. The second-order valence-corrected chi connectivity index (χ2v) is 5.27. The Labute approximate surface area is 132 Å². The molecule has 0 aromatic carbocycles. The number of unbranched alkanes of at least 4 members (excludes halogenated alkanes) is 4. The van der Waals surface area contributed by atoms with Crippen molar-refractivity contribution in [3.8, 4) is 0 Å². The molecular weight excluding hydrogens is 267 g/mol. The quantitative estimate of drug-likeness (QED) is 0.273. The zero-order valence-corrected chi connectivity index (χ0v) is 14.2. The van der Waals surface area contributed by atoms with Gasteiger partial charge < -0.3 is 12.0 Å². The summed E-state index contributed by atoms with van der Waals surface area (Å²) in [4.78, 5) is 10.0. The van der Waals surface area contributed by atoms with Gasteiger partial charge >= 0.3 is 35.5 Å². The van der Waals surface area contributed by atoms with Crippen LogP contribution >= 0.6 is 0 Å². The summed E-state index contributed by atoms with van der Waals surface area (Å²) in [5, 5.41) is 8.27. The average Bonchev–Trinajstić information content (AvgIpc) is 2.16. The molecule has 2 N–H and O–H groups in total. The minimum Gasteiger partial charge on any atom is -0.481 e. The Hall–Kier alpha value is 0.380. The second-order valence-electron chi connectivity index (χ2n) is 3.70. The Balaban J connectivity index is -0.000000251. The Kier molecular flexibility index (Phi) is 20.1. The molecule has 0 aliphatic rings. The van der Waals surface area contributed by atoms with Gasteiger partial charge in [0.05, 0.1) is 0 Å². The fraction of sp³-hybridized carbons (Fsp3) is 0.818. The summed E-state index contributed by atoms with van der Waals surface area (Å²) in [6.07, 6.45) is 6.11. The monoisotopic (exact) mass is 290 g/mol. The molecule has 0 bridgehead atoms. The van der Waals surface area contributed by atoms with Crippen LogP contribution in [0.5, 0.6) is 0 Å². The van der Waals surface area contributed by atoms with Crippen LogP contribution in [0.2, 0.25) is 0 Å². The SMILES string of the molecule is CCCCCCCC(=O)O.[CH2-]CCS(=O)(=O)O.[Na+]. The Bertz CT molecular complexity index is 277. The molecule has 0 rings (SSSR count). The first-order valence-electron chi connectivity index (χ1n) is 5.79. The molecular formula is C11H23NaO5S. The normalized spacial score (nSPS) is 9.94. The third kappa shape index (κ3) is 29.9. The Morgan fingerprint density at radius 3 is 1.94 bits per heavy atom. The molecule has 0 aliphatic heterocycles. The van der Waals surface area contributed by atoms with E-state index in [1.54, 1.807) is 0 Å². The van der Waals surface area contributed by atoms with Crippen LogP contribution in [0.15, 0.2) is 0 Å². The standard InChI is InChI=1S/C8H16O2.C3H7O3S.Na/c1-2-3-4-5-6-7-8(9)10;1-2-3-7(4,5)6;/h2-7H2,1H3,(H,9,10);1-3H2,(H,4,5,6);/q;-1;+1. The van der Waals surface area contributed by atoms with Crippen LogP contribution in [-0.4, -0.2) is 29.8 Å². The summed E-state index contributed by atoms with van der Waals surface area (Å²) in [7, 11) is -3.74. The molecule has 0 saturated heterocycles. The van der Waals surface area contributed by atoms with E-state index < -0.39 is 16.1 Å². The Morgan fingerprint density at radius 2 is 1.67 bits per heavy atom. The summed E-state index contributed by atoms with van der Waals surface area (Å²) >= 11 is 0. The van der Waals surface area contributed by atoms with Crippen molar-refractivity contribution in [2.75, 3.05) is 5.75 Å². The maximum atomic E-state index is 10.0. The molecule has 0 radical (unpaired) electrons. The third-order valence-corrected chi connectivity index (χ3v) is 2.70. The van der Waals surface area contributed by atoms with Crippen LogP contribution in [0.1, 0.15) is 51.9 Å². The van der Waals surface area contributed by atoms with Crippen LogP contribution in [0.25, 0.3) is 0 Å². The molecule has 0 aromatic heterocycles. The molecule has 0 fully saturated rings. The molecule has 0 unspecified atom stereocenters. The van der Waals surface area contributed by atoms with Crippen molar-refractivity contribution in [1.82, 2.24) is 0 Å². The molecule has 5 nitrogen and oxygen atoms in total. The van der Waals surface area contributed by atoms with Gasteiger partial charge in [0.25, 0.3) is 10.1 Å². The maximum absolute atomic E-state index is 10.0. The van der Waals surface area contributed by atoms with E-state index in [1.165, 1.54) is 19.3 Å². The van der Waals surface area contributed by atoms with Gasteiger partial charge in [-0.25, -0.2) is 0 Å². The van der Waals surface area contributed by atoms with Gasteiger partial charge in [-0.15, -0.1) is 0 Å². The molecule has 7 heteroatoms. The van der Waals surface area contributed by atoms with E-state index in [0.29, 0.717) is 6.42 Å². The summed E-state index contributed by atoms with van der Waals surface area (Å²) in [6, 6.07) is 0. The smallest absolute Gasteiger partial charge is 0.481 e. The number of carboxylic acid groups (broad SMARTS) is 1. The number of hydrogen-bond acceptors (Lipinski definition) is 3. The first kappa shape index (κ1) is 23.5. The van der Waals surface area contributed by atoms with Gasteiger partial charge in [-0.05, 0) is 6.42 Å². The molecule has 0 spiro atoms. The summed E-state index contributed by atoms with van der Waals surface area (Å²) < 4.78 is 27.4. The van der Waals surface area contributed by atoms with Crippen molar-refractivity contribution in [2.24, 2.45) is 0 Å². The van der Waals surface area contributed by atoms with Crippen molar-refractivity contribution in [3.63, 3.8) is 0 Å². The van der Waals surface area contributed by atoms with Crippen molar-refractivity contribution in [3.05, 3.63) is 6.92 Å². The van der Waals surface area contributed by atoms with Gasteiger partial charge in [-0.3, -0.25) is 9.35 Å². The van der Waals surface area contributed by atoms with E-state index in [9.17, 15) is 13.2 Å². The predicted molar refractivity (Wildman–Crippen MR) is 67.4 cm³/mol. The molecule has 0 aromatic rings. The topological polar surface area (TPSA) is 91.7 Å². The van der Waals surface area contributed by atoms with Gasteiger partial charge in [0.15, 0.2) is 0 Å². The summed E-state index contributed by atoms with van der Waals surface area (Å²) in [6.45, 7) is 5.38. The van der Waals surface area contributed by atoms with Crippen molar-refractivity contribution >= 4 is 16.1 Å². The molecule has 0 atom stereocenters. The van der Waals surface area contributed by atoms with Gasteiger partial charge in [0, 0.05) is 12.2 Å². The van der Waals surface area contributed by atoms with E-state index in [0.717, 1.165) is 12.8 Å². The zero-order chi connectivity index (χ0) is 13.7. The van der Waals surface area contributed by atoms with Crippen LogP contribution in [0.3, 0.4) is 0 Å². The third-order valence-electron chi connectivity index (χ3n) is 1.90. The average molecular weight is 290 g/mol. The first-order chi connectivity index (χ1) is 7.83. The minimum atomic E-state index is -3.74. The number of carbonyl (C=O) groups is 1. The number of rotatable bonds is 8. The summed E-state index contributed by atoms with van der Waals surface area (Å²) in [5.74, 6) is -0.913. The van der Waals surface area contributed by atoms with Gasteiger partial charge in [0.2, 0.25) is 0 Å². The zero-order valence-electron chi connectivity index (χ0n) is 11.4. The van der Waals surface area contributed by atoms with E-state index >= 15 is 0 Å². The van der Waals surface area contributed by atoms with Crippen molar-refractivity contribution in [1.29, 1.82) is 0 Å². The van der Waals surface area contributed by atoms with Crippen molar-refractivity contribution in [2.45, 2.75) is 51.9 Å². The van der Waals surface area contributed by atoms with Crippen LogP contribution in [-0.2, 0) is 14.9 Å². The minimum absolute atomic E-state index is 0. The van der Waals surface area contributed by atoms with Gasteiger partial charge in [-0.1, -0.05) is 32.6 Å². The largest absolute Gasteiger partial charge is 1.00 e. The van der Waals surface area contributed by atoms with Crippen LogP contribution in [0.4, 0.5) is 0 Å². The number of hydrogen-bond donors (Lipinski definition) is 2. The van der Waals surface area contributed by atoms with Gasteiger partial charge in [0.1, 0.15) is 0 Å². The number of carboxylic acids is 1.